The van der Waals surface area contributed by atoms with Gasteiger partial charge >= 0.3 is 0 Å². The van der Waals surface area contributed by atoms with Gasteiger partial charge in [-0.15, -0.1) is 0 Å². The number of amides is 3. The van der Waals surface area contributed by atoms with Gasteiger partial charge in [0, 0.05) is 31.7 Å². The van der Waals surface area contributed by atoms with Crippen LogP contribution in [0, 0.1) is 5.92 Å². The summed E-state index contributed by atoms with van der Waals surface area (Å²) in [7, 11) is 0. The Hall–Kier alpha value is -3.87. The minimum Gasteiger partial charge on any atom is -0.484 e. The molecule has 3 amide bonds. The molecule has 0 aliphatic carbocycles. The normalized spacial score (nSPS) is 14.6. The lowest BCUT2D eigenvalue weighted by atomic mass is 10.0. The van der Waals surface area contributed by atoms with Crippen molar-refractivity contribution in [2.24, 2.45) is 5.92 Å². The second-order valence-corrected chi connectivity index (χ2v) is 9.04. The molecule has 182 valence electrons. The molecule has 3 aromatic rings. The van der Waals surface area contributed by atoms with Gasteiger partial charge in [0.05, 0.1) is 0 Å². The molecule has 7 nitrogen and oxygen atoms in total. The number of fused-ring (bicyclic) bond motifs is 1. The molecule has 7 heteroatoms. The number of para-hydroxylation sites is 1. The predicted molar refractivity (Wildman–Crippen MR) is 135 cm³/mol. The smallest absolute Gasteiger partial charge is 0.258 e. The van der Waals surface area contributed by atoms with Gasteiger partial charge in [-0.05, 0) is 34.9 Å². The Labute approximate surface area is 205 Å². The summed E-state index contributed by atoms with van der Waals surface area (Å²) in [6.45, 7) is 5.40. The van der Waals surface area contributed by atoms with E-state index in [1.54, 1.807) is 21.9 Å². The van der Waals surface area contributed by atoms with E-state index in [2.05, 4.69) is 5.32 Å². The van der Waals surface area contributed by atoms with E-state index >= 15 is 0 Å². The summed E-state index contributed by atoms with van der Waals surface area (Å²) in [5, 5.41) is 4.78. The Balaban J connectivity index is 1.34. The summed E-state index contributed by atoms with van der Waals surface area (Å²) in [4.78, 5) is 42.4. The third-order valence-corrected chi connectivity index (χ3v) is 6.26. The number of hydrogen-bond donors (Lipinski definition) is 1. The highest BCUT2D eigenvalue weighted by molar-refractivity contribution is 6.07. The molecular weight excluding hydrogens is 442 g/mol. The van der Waals surface area contributed by atoms with Crippen molar-refractivity contribution in [1.29, 1.82) is 0 Å². The van der Waals surface area contributed by atoms with Crippen molar-refractivity contribution in [3.8, 4) is 5.75 Å². The number of hydrogen-bond acceptors (Lipinski definition) is 4. The monoisotopic (exact) mass is 473 g/mol. The van der Waals surface area contributed by atoms with E-state index in [1.807, 2.05) is 74.5 Å². The Kier molecular flexibility index (Phi) is 7.65. The Bertz CT molecular complexity index is 1180. The Morgan fingerprint density at radius 2 is 1.46 bits per heavy atom. The molecular formula is C28H31N3O4. The summed E-state index contributed by atoms with van der Waals surface area (Å²) in [5.74, 6) is 0.0113. The molecule has 3 aromatic carbocycles. The van der Waals surface area contributed by atoms with Crippen molar-refractivity contribution in [1.82, 2.24) is 15.1 Å². The highest BCUT2D eigenvalue weighted by Gasteiger charge is 2.32. The molecule has 1 N–H and O–H groups in total. The number of benzene rings is 3. The van der Waals surface area contributed by atoms with Crippen LogP contribution < -0.4 is 10.1 Å². The zero-order valence-electron chi connectivity index (χ0n) is 20.1. The molecule has 0 saturated carbocycles. The Morgan fingerprint density at radius 1 is 0.829 bits per heavy atom. The molecule has 1 heterocycles. The maximum Gasteiger partial charge on any atom is 0.258 e. The van der Waals surface area contributed by atoms with Crippen LogP contribution in [0.2, 0.25) is 0 Å². The lowest BCUT2D eigenvalue weighted by Crippen LogP contribution is -2.57. The maximum absolute atomic E-state index is 13.2. The van der Waals surface area contributed by atoms with E-state index in [-0.39, 0.29) is 30.2 Å². The average molecular weight is 474 g/mol. The highest BCUT2D eigenvalue weighted by Crippen LogP contribution is 2.21. The maximum atomic E-state index is 13.2. The molecule has 35 heavy (non-hydrogen) atoms. The van der Waals surface area contributed by atoms with E-state index < -0.39 is 6.04 Å². The third kappa shape index (κ3) is 5.80. The second-order valence-electron chi connectivity index (χ2n) is 9.04. The topological polar surface area (TPSA) is 79.0 Å². The lowest BCUT2D eigenvalue weighted by Gasteiger charge is -2.37. The fraction of sp³-hybridized carbons (Fsp3) is 0.321. The molecule has 1 aliphatic rings. The van der Waals surface area contributed by atoms with Gasteiger partial charge in [-0.2, -0.15) is 0 Å². The molecule has 0 aromatic heterocycles. The molecule has 0 bridgehead atoms. The number of rotatable bonds is 7. The van der Waals surface area contributed by atoms with Gasteiger partial charge < -0.3 is 19.9 Å². The number of piperazine rings is 1. The van der Waals surface area contributed by atoms with Gasteiger partial charge in [0.25, 0.3) is 11.8 Å². The molecule has 0 unspecified atom stereocenters. The number of carbonyl (C=O) groups is 3. The predicted octanol–water partition coefficient (Wildman–Crippen LogP) is 3.34. The summed E-state index contributed by atoms with van der Waals surface area (Å²) in [5.41, 5.74) is 0.675. The number of nitrogens with one attached hydrogen (secondary N) is 1. The van der Waals surface area contributed by atoms with Crippen molar-refractivity contribution < 1.29 is 19.1 Å². The van der Waals surface area contributed by atoms with E-state index in [9.17, 15) is 14.4 Å². The van der Waals surface area contributed by atoms with Crippen LogP contribution in [0.4, 0.5) is 0 Å². The first-order chi connectivity index (χ1) is 16.9. The van der Waals surface area contributed by atoms with Crippen LogP contribution >= 0.6 is 0 Å². The molecule has 1 atom stereocenters. The van der Waals surface area contributed by atoms with Crippen LogP contribution in [-0.2, 0) is 9.59 Å². The van der Waals surface area contributed by atoms with Crippen LogP contribution in [-0.4, -0.2) is 66.3 Å². The number of nitrogens with zero attached hydrogens (tertiary/aromatic N) is 2. The summed E-state index contributed by atoms with van der Waals surface area (Å²) < 4.78 is 5.51. The fourth-order valence-corrected chi connectivity index (χ4v) is 4.30. The molecule has 1 saturated heterocycles. The summed E-state index contributed by atoms with van der Waals surface area (Å²) >= 11 is 0. The quantitative estimate of drug-likeness (QED) is 0.571. The first kappa shape index (κ1) is 24.3. The van der Waals surface area contributed by atoms with Crippen molar-refractivity contribution in [2.45, 2.75) is 19.9 Å². The minimum atomic E-state index is -0.651. The SMILES string of the molecule is CC(C)[C@H](NC(=O)COc1ccccc1)C(=O)N1CCN(C(=O)c2cccc3ccccc23)CC1. The minimum absolute atomic E-state index is 0.0272. The van der Waals surface area contributed by atoms with Crippen LogP contribution in [0.5, 0.6) is 5.75 Å². The molecule has 0 radical (unpaired) electrons. The zero-order valence-corrected chi connectivity index (χ0v) is 20.1. The van der Waals surface area contributed by atoms with Crippen LogP contribution in [0.15, 0.2) is 72.8 Å². The van der Waals surface area contributed by atoms with Crippen LogP contribution in [0.25, 0.3) is 10.8 Å². The summed E-state index contributed by atoms with van der Waals surface area (Å²) in [6, 6.07) is 22.0. The highest BCUT2D eigenvalue weighted by atomic mass is 16.5. The van der Waals surface area contributed by atoms with Gasteiger partial charge in [-0.25, -0.2) is 0 Å². The zero-order chi connectivity index (χ0) is 24.8. The van der Waals surface area contributed by atoms with Gasteiger partial charge in [0.1, 0.15) is 11.8 Å². The Morgan fingerprint density at radius 3 is 2.17 bits per heavy atom. The average Bonchev–Trinajstić information content (AvgIpc) is 2.90. The second kappa shape index (κ2) is 11.0. The molecule has 0 spiro atoms. The van der Waals surface area contributed by atoms with Crippen molar-refractivity contribution in [3.63, 3.8) is 0 Å². The fourth-order valence-electron chi connectivity index (χ4n) is 4.30. The van der Waals surface area contributed by atoms with Crippen LogP contribution in [0.1, 0.15) is 24.2 Å². The lowest BCUT2D eigenvalue weighted by molar-refractivity contribution is -0.139. The molecule has 4 rings (SSSR count). The van der Waals surface area contributed by atoms with Gasteiger partial charge in [0.15, 0.2) is 6.61 Å². The first-order valence-electron chi connectivity index (χ1n) is 12.0. The molecule has 1 fully saturated rings. The van der Waals surface area contributed by atoms with E-state index in [4.69, 9.17) is 4.74 Å². The van der Waals surface area contributed by atoms with Crippen LogP contribution in [0.3, 0.4) is 0 Å². The number of carbonyl (C=O) groups excluding carboxylic acids is 3. The van der Waals surface area contributed by atoms with E-state index in [0.717, 1.165) is 10.8 Å². The third-order valence-electron chi connectivity index (χ3n) is 6.26. The van der Waals surface area contributed by atoms with Gasteiger partial charge in [-0.3, -0.25) is 14.4 Å². The standard InChI is InChI=1S/C28H31N3O4/c1-20(2)26(29-25(32)19-35-22-11-4-3-5-12-22)28(34)31-17-15-30(16-18-31)27(33)24-14-8-10-21-9-6-7-13-23(21)24/h3-14,20,26H,15-19H2,1-2H3,(H,29,32)/t26-/m0/s1. The number of ether oxygens (including phenoxy) is 1. The largest absolute Gasteiger partial charge is 0.484 e. The van der Waals surface area contributed by atoms with Gasteiger partial charge in [0.2, 0.25) is 5.91 Å². The summed E-state index contributed by atoms with van der Waals surface area (Å²) in [6.07, 6.45) is 0. The van der Waals surface area contributed by atoms with Crippen molar-refractivity contribution in [3.05, 3.63) is 78.4 Å². The van der Waals surface area contributed by atoms with E-state index in [0.29, 0.717) is 37.5 Å². The molecule has 1 aliphatic heterocycles. The first-order valence-corrected chi connectivity index (χ1v) is 12.0. The van der Waals surface area contributed by atoms with Gasteiger partial charge in [-0.1, -0.05) is 68.4 Å². The van der Waals surface area contributed by atoms with Crippen molar-refractivity contribution >= 4 is 28.5 Å². The van der Waals surface area contributed by atoms with E-state index in [1.165, 1.54) is 0 Å². The van der Waals surface area contributed by atoms with Crippen molar-refractivity contribution in [2.75, 3.05) is 32.8 Å².